The van der Waals surface area contributed by atoms with Gasteiger partial charge in [0.1, 0.15) is 0 Å². The Morgan fingerprint density at radius 1 is 1.41 bits per heavy atom. The summed E-state index contributed by atoms with van der Waals surface area (Å²) >= 11 is 0. The summed E-state index contributed by atoms with van der Waals surface area (Å²) in [5.74, 6) is 0.522. The van der Waals surface area contributed by atoms with Gasteiger partial charge in [-0.1, -0.05) is 20.8 Å². The molecule has 0 bridgehead atoms. The molecule has 4 nitrogen and oxygen atoms in total. The van der Waals surface area contributed by atoms with Crippen molar-refractivity contribution >= 4 is 0 Å². The third-order valence-electron chi connectivity index (χ3n) is 2.83. The summed E-state index contributed by atoms with van der Waals surface area (Å²) in [6.45, 7) is 10.5. The number of likely N-dealkylation sites (N-methyl/N-ethyl adjacent to an activating group) is 1. The zero-order chi connectivity index (χ0) is 12.8. The lowest BCUT2D eigenvalue weighted by molar-refractivity contribution is 0.367. The lowest BCUT2D eigenvalue weighted by atomic mass is 10.1. The number of nitrogens with zero attached hydrogens (tertiary/aromatic N) is 3. The summed E-state index contributed by atoms with van der Waals surface area (Å²) < 4.78 is 2.15. The minimum Gasteiger partial charge on any atom is -0.313 e. The monoisotopic (exact) mass is 238 g/mol. The van der Waals surface area contributed by atoms with E-state index in [4.69, 9.17) is 0 Å². The molecule has 4 heteroatoms. The Hall–Kier alpha value is -0.870. The number of nitrogens with one attached hydrogen (secondary N) is 1. The second-order valence-electron chi connectivity index (χ2n) is 5.02. The van der Waals surface area contributed by atoms with Gasteiger partial charge < -0.3 is 10.2 Å². The molecule has 0 saturated heterocycles. The maximum atomic E-state index is 4.51. The molecule has 1 N–H and O–H groups in total. The standard InChI is InChI=1S/C13H26N4/c1-6-14-9-12-10-15-17(8-7-16(4)5)13(12)11(2)3/h10-11,14H,6-9H2,1-5H3. The maximum Gasteiger partial charge on any atom is 0.0539 e. The Balaban J connectivity index is 2.78. The summed E-state index contributed by atoms with van der Waals surface area (Å²) in [5, 5.41) is 7.89. The van der Waals surface area contributed by atoms with Crippen molar-refractivity contribution in [2.45, 2.75) is 39.8 Å². The molecule has 0 aliphatic heterocycles. The van der Waals surface area contributed by atoms with Gasteiger partial charge in [-0.3, -0.25) is 4.68 Å². The van der Waals surface area contributed by atoms with E-state index < -0.39 is 0 Å². The number of aromatic nitrogens is 2. The molecule has 1 heterocycles. The number of hydrogen-bond acceptors (Lipinski definition) is 3. The van der Waals surface area contributed by atoms with Crippen molar-refractivity contribution in [2.24, 2.45) is 0 Å². The lowest BCUT2D eigenvalue weighted by Crippen LogP contribution is -2.21. The van der Waals surface area contributed by atoms with Crippen LogP contribution in [-0.4, -0.2) is 41.9 Å². The van der Waals surface area contributed by atoms with E-state index in [-0.39, 0.29) is 0 Å². The summed E-state index contributed by atoms with van der Waals surface area (Å²) in [4.78, 5) is 2.19. The molecule has 0 unspecified atom stereocenters. The van der Waals surface area contributed by atoms with E-state index in [0.717, 1.165) is 26.2 Å². The van der Waals surface area contributed by atoms with Crippen LogP contribution in [0.25, 0.3) is 0 Å². The predicted octanol–water partition coefficient (Wildman–Crippen LogP) is 1.68. The van der Waals surface area contributed by atoms with Gasteiger partial charge >= 0.3 is 0 Å². The van der Waals surface area contributed by atoms with Crippen LogP contribution in [0.1, 0.15) is 37.9 Å². The van der Waals surface area contributed by atoms with Gasteiger partial charge in [0, 0.05) is 24.3 Å². The van der Waals surface area contributed by atoms with Crippen LogP contribution in [0.3, 0.4) is 0 Å². The molecule has 1 aromatic rings. The predicted molar refractivity (Wildman–Crippen MR) is 72.3 cm³/mol. The normalized spacial score (nSPS) is 11.7. The van der Waals surface area contributed by atoms with Crippen molar-refractivity contribution in [3.63, 3.8) is 0 Å². The van der Waals surface area contributed by atoms with Crippen molar-refractivity contribution in [2.75, 3.05) is 27.2 Å². The minimum absolute atomic E-state index is 0.522. The van der Waals surface area contributed by atoms with Crippen molar-refractivity contribution in [3.8, 4) is 0 Å². The van der Waals surface area contributed by atoms with E-state index in [2.05, 4.69) is 54.9 Å². The Morgan fingerprint density at radius 3 is 2.65 bits per heavy atom. The SMILES string of the molecule is CCNCc1cnn(CCN(C)C)c1C(C)C. The highest BCUT2D eigenvalue weighted by atomic mass is 15.3. The highest BCUT2D eigenvalue weighted by molar-refractivity contribution is 5.21. The lowest BCUT2D eigenvalue weighted by Gasteiger charge is -2.15. The van der Waals surface area contributed by atoms with Gasteiger partial charge in [-0.2, -0.15) is 5.10 Å². The molecule has 1 rings (SSSR count). The molecule has 98 valence electrons. The molecule has 0 amide bonds. The van der Waals surface area contributed by atoms with Crippen molar-refractivity contribution in [1.82, 2.24) is 20.0 Å². The molecule has 0 aromatic carbocycles. The average molecular weight is 238 g/mol. The van der Waals surface area contributed by atoms with E-state index >= 15 is 0 Å². The van der Waals surface area contributed by atoms with Crippen molar-refractivity contribution < 1.29 is 0 Å². The molecule has 0 atom stereocenters. The average Bonchev–Trinajstić information content (AvgIpc) is 2.66. The van der Waals surface area contributed by atoms with Gasteiger partial charge in [0.25, 0.3) is 0 Å². The van der Waals surface area contributed by atoms with Crippen LogP contribution in [0.2, 0.25) is 0 Å². The fourth-order valence-electron chi connectivity index (χ4n) is 1.97. The molecule has 17 heavy (non-hydrogen) atoms. The zero-order valence-corrected chi connectivity index (χ0v) is 11.8. The summed E-state index contributed by atoms with van der Waals surface area (Å²) in [6, 6.07) is 0. The molecular weight excluding hydrogens is 212 g/mol. The zero-order valence-electron chi connectivity index (χ0n) is 11.8. The fourth-order valence-corrected chi connectivity index (χ4v) is 1.97. The second-order valence-corrected chi connectivity index (χ2v) is 5.02. The topological polar surface area (TPSA) is 33.1 Å². The minimum atomic E-state index is 0.522. The smallest absolute Gasteiger partial charge is 0.0539 e. The largest absolute Gasteiger partial charge is 0.313 e. The fraction of sp³-hybridized carbons (Fsp3) is 0.769. The van der Waals surface area contributed by atoms with Crippen LogP contribution in [0, 0.1) is 0 Å². The third kappa shape index (κ3) is 4.13. The van der Waals surface area contributed by atoms with Crippen LogP contribution in [0.4, 0.5) is 0 Å². The summed E-state index contributed by atoms with van der Waals surface area (Å²) in [5.41, 5.74) is 2.70. The molecule has 0 radical (unpaired) electrons. The molecule has 1 aromatic heterocycles. The summed E-state index contributed by atoms with van der Waals surface area (Å²) in [6.07, 6.45) is 2.01. The molecule has 0 spiro atoms. The van der Waals surface area contributed by atoms with Crippen LogP contribution < -0.4 is 5.32 Å². The highest BCUT2D eigenvalue weighted by Gasteiger charge is 2.13. The Bertz CT molecular complexity index is 328. The highest BCUT2D eigenvalue weighted by Crippen LogP contribution is 2.19. The number of hydrogen-bond donors (Lipinski definition) is 1. The van der Waals surface area contributed by atoms with Gasteiger partial charge in [-0.05, 0) is 26.6 Å². The third-order valence-corrected chi connectivity index (χ3v) is 2.83. The van der Waals surface area contributed by atoms with E-state index in [1.54, 1.807) is 0 Å². The first-order valence-electron chi connectivity index (χ1n) is 6.46. The Morgan fingerprint density at radius 2 is 2.12 bits per heavy atom. The van der Waals surface area contributed by atoms with Crippen LogP contribution >= 0.6 is 0 Å². The van der Waals surface area contributed by atoms with Crippen molar-refractivity contribution in [1.29, 1.82) is 0 Å². The maximum absolute atomic E-state index is 4.51. The molecule has 0 aliphatic rings. The van der Waals surface area contributed by atoms with Crippen molar-refractivity contribution in [3.05, 3.63) is 17.5 Å². The van der Waals surface area contributed by atoms with Gasteiger partial charge in [0.05, 0.1) is 12.7 Å². The first-order chi connectivity index (χ1) is 8.06. The molecule has 0 saturated carbocycles. The first-order valence-corrected chi connectivity index (χ1v) is 6.46. The molecule has 0 aliphatic carbocycles. The van der Waals surface area contributed by atoms with E-state index in [0.29, 0.717) is 5.92 Å². The second kappa shape index (κ2) is 6.77. The Kier molecular flexibility index (Phi) is 5.65. The van der Waals surface area contributed by atoms with Gasteiger partial charge in [0.2, 0.25) is 0 Å². The van der Waals surface area contributed by atoms with E-state index in [9.17, 15) is 0 Å². The van der Waals surface area contributed by atoms with Gasteiger partial charge in [-0.25, -0.2) is 0 Å². The van der Waals surface area contributed by atoms with Gasteiger partial charge in [0.15, 0.2) is 0 Å². The van der Waals surface area contributed by atoms with E-state index in [1.807, 2.05) is 6.20 Å². The summed E-state index contributed by atoms with van der Waals surface area (Å²) in [7, 11) is 4.19. The van der Waals surface area contributed by atoms with E-state index in [1.165, 1.54) is 11.3 Å². The quantitative estimate of drug-likeness (QED) is 0.784. The Labute approximate surface area is 105 Å². The van der Waals surface area contributed by atoms with Crippen LogP contribution in [0.15, 0.2) is 6.20 Å². The number of rotatable bonds is 7. The molecule has 0 fully saturated rings. The first kappa shape index (κ1) is 14.2. The molecular formula is C13H26N4. The van der Waals surface area contributed by atoms with Gasteiger partial charge in [-0.15, -0.1) is 0 Å². The van der Waals surface area contributed by atoms with Crippen LogP contribution in [-0.2, 0) is 13.1 Å². The van der Waals surface area contributed by atoms with Crippen LogP contribution in [0.5, 0.6) is 0 Å².